The van der Waals surface area contributed by atoms with Crippen LogP contribution in [0.4, 0.5) is 0 Å². The van der Waals surface area contributed by atoms with E-state index in [9.17, 15) is 5.11 Å². The smallest absolute Gasteiger partial charge is 0.172 e. The molecule has 84 valence electrons. The predicted molar refractivity (Wildman–Crippen MR) is 61.5 cm³/mol. The van der Waals surface area contributed by atoms with Crippen molar-refractivity contribution >= 4 is 15.9 Å². The summed E-state index contributed by atoms with van der Waals surface area (Å²) in [6.45, 7) is 3.21. The molecule has 0 bridgehead atoms. The van der Waals surface area contributed by atoms with E-state index in [0.717, 1.165) is 0 Å². The molecule has 5 heteroatoms. The van der Waals surface area contributed by atoms with E-state index in [1.54, 1.807) is 12.1 Å². The highest BCUT2D eigenvalue weighted by molar-refractivity contribution is 9.10. The van der Waals surface area contributed by atoms with Gasteiger partial charge >= 0.3 is 0 Å². The molecule has 0 saturated heterocycles. The molecule has 0 spiro atoms. The van der Waals surface area contributed by atoms with Crippen LogP contribution in [0.15, 0.2) is 16.6 Å². The molecule has 4 nitrogen and oxygen atoms in total. The van der Waals surface area contributed by atoms with Crippen molar-refractivity contribution in [3.63, 3.8) is 0 Å². The number of rotatable bonds is 5. The Morgan fingerprint density at radius 3 is 2.73 bits per heavy atom. The van der Waals surface area contributed by atoms with Gasteiger partial charge in [-0.05, 0) is 28.9 Å². The Kier molecular flexibility index (Phi) is 4.71. The van der Waals surface area contributed by atoms with Gasteiger partial charge in [0.15, 0.2) is 11.5 Å². The van der Waals surface area contributed by atoms with Gasteiger partial charge in [0.25, 0.3) is 0 Å². The minimum Gasteiger partial charge on any atom is -0.503 e. The van der Waals surface area contributed by atoms with Crippen LogP contribution in [0.1, 0.15) is 6.92 Å². The second-order valence-electron chi connectivity index (χ2n) is 2.82. The highest BCUT2D eigenvalue weighted by atomic mass is 79.9. The van der Waals surface area contributed by atoms with Crippen molar-refractivity contribution in [1.29, 1.82) is 0 Å². The molecule has 0 unspecified atom stereocenters. The zero-order valence-electron chi connectivity index (χ0n) is 8.50. The first-order valence-electron chi connectivity index (χ1n) is 4.67. The molecule has 1 aromatic carbocycles. The van der Waals surface area contributed by atoms with E-state index in [1.807, 2.05) is 6.92 Å². The maximum absolute atomic E-state index is 9.63. The summed E-state index contributed by atoms with van der Waals surface area (Å²) in [6.07, 6.45) is 0. The fourth-order valence-electron chi connectivity index (χ4n) is 1.08. The Bertz CT molecular complexity index is 331. The van der Waals surface area contributed by atoms with Crippen LogP contribution < -0.4 is 15.2 Å². The summed E-state index contributed by atoms with van der Waals surface area (Å²) in [6, 6.07) is 3.31. The van der Waals surface area contributed by atoms with Crippen LogP contribution in [0.25, 0.3) is 0 Å². The molecule has 0 radical (unpaired) electrons. The third-order valence-electron chi connectivity index (χ3n) is 1.69. The Morgan fingerprint density at radius 1 is 1.40 bits per heavy atom. The van der Waals surface area contributed by atoms with E-state index >= 15 is 0 Å². The van der Waals surface area contributed by atoms with E-state index in [0.29, 0.717) is 35.7 Å². The van der Waals surface area contributed by atoms with Crippen LogP contribution in [-0.4, -0.2) is 24.9 Å². The first-order chi connectivity index (χ1) is 7.19. The van der Waals surface area contributed by atoms with Crippen molar-refractivity contribution in [1.82, 2.24) is 0 Å². The summed E-state index contributed by atoms with van der Waals surface area (Å²) in [5.74, 6) is 1.10. The lowest BCUT2D eigenvalue weighted by molar-refractivity contribution is 0.303. The summed E-state index contributed by atoms with van der Waals surface area (Å²) in [5, 5.41) is 9.63. The number of phenols is 1. The summed E-state index contributed by atoms with van der Waals surface area (Å²) in [7, 11) is 0. The topological polar surface area (TPSA) is 64.7 Å². The Morgan fingerprint density at radius 2 is 2.13 bits per heavy atom. The van der Waals surface area contributed by atoms with E-state index in [4.69, 9.17) is 15.2 Å². The standard InChI is InChI=1S/C10H14BrNO3/c1-2-14-9-6-7(15-4-3-12)5-8(11)10(9)13/h5-6,13H,2-4,12H2,1H3. The molecule has 0 amide bonds. The molecule has 15 heavy (non-hydrogen) atoms. The van der Waals surface area contributed by atoms with Crippen LogP contribution in [0.3, 0.4) is 0 Å². The van der Waals surface area contributed by atoms with Gasteiger partial charge in [0.05, 0.1) is 11.1 Å². The number of halogens is 1. The van der Waals surface area contributed by atoms with Crippen molar-refractivity contribution in [2.45, 2.75) is 6.92 Å². The fraction of sp³-hybridized carbons (Fsp3) is 0.400. The molecular formula is C10H14BrNO3. The number of nitrogens with two attached hydrogens (primary N) is 1. The van der Waals surface area contributed by atoms with Gasteiger partial charge in [-0.3, -0.25) is 0 Å². The normalized spacial score (nSPS) is 10.1. The van der Waals surface area contributed by atoms with Crippen molar-refractivity contribution in [3.05, 3.63) is 16.6 Å². The summed E-state index contributed by atoms with van der Waals surface area (Å²) < 4.78 is 11.1. The van der Waals surface area contributed by atoms with Gasteiger partial charge < -0.3 is 20.3 Å². The third-order valence-corrected chi connectivity index (χ3v) is 2.29. The quantitative estimate of drug-likeness (QED) is 0.862. The second kappa shape index (κ2) is 5.82. The first-order valence-corrected chi connectivity index (χ1v) is 5.46. The largest absolute Gasteiger partial charge is 0.503 e. The van der Waals surface area contributed by atoms with Crippen LogP contribution >= 0.6 is 15.9 Å². The third kappa shape index (κ3) is 3.28. The Labute approximate surface area is 97.1 Å². The molecule has 0 atom stereocenters. The zero-order chi connectivity index (χ0) is 11.3. The Balaban J connectivity index is 2.90. The second-order valence-corrected chi connectivity index (χ2v) is 3.68. The van der Waals surface area contributed by atoms with Crippen LogP contribution in [0.2, 0.25) is 0 Å². The molecule has 0 aromatic heterocycles. The predicted octanol–water partition coefficient (Wildman–Crippen LogP) is 1.89. The molecule has 1 aromatic rings. The van der Waals surface area contributed by atoms with E-state index in [1.165, 1.54) is 0 Å². The monoisotopic (exact) mass is 275 g/mol. The van der Waals surface area contributed by atoms with Crippen molar-refractivity contribution in [3.8, 4) is 17.2 Å². The van der Waals surface area contributed by atoms with Crippen molar-refractivity contribution < 1.29 is 14.6 Å². The number of benzene rings is 1. The summed E-state index contributed by atoms with van der Waals surface area (Å²) >= 11 is 3.22. The van der Waals surface area contributed by atoms with Crippen molar-refractivity contribution in [2.24, 2.45) is 5.73 Å². The summed E-state index contributed by atoms with van der Waals surface area (Å²) in [5.41, 5.74) is 5.32. The number of hydrogen-bond donors (Lipinski definition) is 2. The van der Waals surface area contributed by atoms with Crippen LogP contribution in [-0.2, 0) is 0 Å². The molecular weight excluding hydrogens is 262 g/mol. The molecule has 0 aliphatic carbocycles. The number of hydrogen-bond acceptors (Lipinski definition) is 4. The van der Waals surface area contributed by atoms with Crippen molar-refractivity contribution in [2.75, 3.05) is 19.8 Å². The highest BCUT2D eigenvalue weighted by Crippen LogP contribution is 2.38. The van der Waals surface area contributed by atoms with Gasteiger partial charge in [-0.25, -0.2) is 0 Å². The maximum Gasteiger partial charge on any atom is 0.172 e. The Hall–Kier alpha value is -0.940. The average molecular weight is 276 g/mol. The minimum atomic E-state index is 0.0805. The minimum absolute atomic E-state index is 0.0805. The van der Waals surface area contributed by atoms with Gasteiger partial charge in [0.2, 0.25) is 0 Å². The molecule has 0 aliphatic heterocycles. The molecule has 3 N–H and O–H groups in total. The van der Waals surface area contributed by atoms with E-state index in [-0.39, 0.29) is 5.75 Å². The maximum atomic E-state index is 9.63. The average Bonchev–Trinajstić information content (AvgIpc) is 2.22. The fourth-order valence-corrected chi connectivity index (χ4v) is 1.50. The highest BCUT2D eigenvalue weighted by Gasteiger charge is 2.09. The van der Waals surface area contributed by atoms with Crippen LogP contribution in [0.5, 0.6) is 17.2 Å². The SMILES string of the molecule is CCOc1cc(OCCN)cc(Br)c1O. The van der Waals surface area contributed by atoms with Crippen LogP contribution in [0, 0.1) is 0 Å². The molecule has 0 saturated carbocycles. The number of ether oxygens (including phenoxy) is 2. The van der Waals surface area contributed by atoms with Gasteiger partial charge in [-0.2, -0.15) is 0 Å². The molecule has 1 rings (SSSR count). The zero-order valence-corrected chi connectivity index (χ0v) is 10.1. The molecule has 0 aliphatic rings. The van der Waals surface area contributed by atoms with Gasteiger partial charge in [-0.15, -0.1) is 0 Å². The van der Waals surface area contributed by atoms with Gasteiger partial charge in [0, 0.05) is 12.6 Å². The first kappa shape index (κ1) is 12.1. The number of phenolic OH excluding ortho intramolecular Hbond substituents is 1. The van der Waals surface area contributed by atoms with Gasteiger partial charge in [0.1, 0.15) is 12.4 Å². The lowest BCUT2D eigenvalue weighted by Gasteiger charge is -2.10. The molecule has 0 heterocycles. The van der Waals surface area contributed by atoms with Gasteiger partial charge in [-0.1, -0.05) is 0 Å². The number of aromatic hydroxyl groups is 1. The lowest BCUT2D eigenvalue weighted by Crippen LogP contribution is -2.10. The van der Waals surface area contributed by atoms with E-state index < -0.39 is 0 Å². The summed E-state index contributed by atoms with van der Waals surface area (Å²) in [4.78, 5) is 0. The van der Waals surface area contributed by atoms with E-state index in [2.05, 4.69) is 15.9 Å². The lowest BCUT2D eigenvalue weighted by atomic mass is 10.3. The molecule has 0 fully saturated rings.